The van der Waals surface area contributed by atoms with Crippen LogP contribution in [-0.4, -0.2) is 32.2 Å². The van der Waals surface area contributed by atoms with Crippen LogP contribution in [-0.2, 0) is 4.74 Å². The van der Waals surface area contributed by atoms with Crippen molar-refractivity contribution in [3.63, 3.8) is 0 Å². The van der Waals surface area contributed by atoms with Gasteiger partial charge in [-0.2, -0.15) is 0 Å². The molecule has 0 aromatic heterocycles. The maximum atomic E-state index is 5.38. The van der Waals surface area contributed by atoms with Gasteiger partial charge in [0.05, 0.1) is 13.2 Å². The van der Waals surface area contributed by atoms with Crippen molar-refractivity contribution >= 4 is 11.6 Å². The molecule has 0 aromatic carbocycles. The van der Waals surface area contributed by atoms with E-state index >= 15 is 0 Å². The topological polar surface area (TPSA) is 21.3 Å². The zero-order valence-corrected chi connectivity index (χ0v) is 6.86. The van der Waals surface area contributed by atoms with E-state index in [1.54, 1.807) is 0 Å². The van der Waals surface area contributed by atoms with Crippen LogP contribution in [0.5, 0.6) is 0 Å². The Bertz CT molecular complexity index is 78.0. The zero-order valence-electron chi connectivity index (χ0n) is 6.11. The highest BCUT2D eigenvalue weighted by Gasteiger charge is 1.84. The van der Waals surface area contributed by atoms with Crippen molar-refractivity contribution in [1.29, 1.82) is 0 Å². The molecule has 0 spiro atoms. The summed E-state index contributed by atoms with van der Waals surface area (Å²) in [5.74, 6) is 0.571. The van der Waals surface area contributed by atoms with Crippen LogP contribution in [0.3, 0.4) is 0 Å². The highest BCUT2D eigenvalue weighted by Crippen LogP contribution is 1.76. The fourth-order valence-electron chi connectivity index (χ4n) is 0.505. The number of hydrogen-bond acceptors (Lipinski definition) is 2. The average Bonchev–Trinajstić information content (AvgIpc) is 1.97. The van der Waals surface area contributed by atoms with E-state index in [1.807, 2.05) is 6.08 Å². The monoisotopic (exact) mass is 163 g/mol. The van der Waals surface area contributed by atoms with Gasteiger partial charge in [-0.05, 0) is 0 Å². The van der Waals surface area contributed by atoms with Gasteiger partial charge in [-0.25, -0.2) is 0 Å². The van der Waals surface area contributed by atoms with Crippen molar-refractivity contribution in [3.8, 4) is 0 Å². The molecule has 10 heavy (non-hydrogen) atoms. The molecule has 0 fully saturated rings. The Kier molecular flexibility index (Phi) is 8.91. The zero-order chi connectivity index (χ0) is 7.66. The first-order valence-corrected chi connectivity index (χ1v) is 3.90. The van der Waals surface area contributed by atoms with E-state index in [1.165, 1.54) is 0 Å². The molecule has 0 rings (SSSR count). The van der Waals surface area contributed by atoms with Gasteiger partial charge >= 0.3 is 0 Å². The molecular weight excluding hydrogens is 150 g/mol. The third-order valence-corrected chi connectivity index (χ3v) is 1.09. The van der Waals surface area contributed by atoms with E-state index in [0.717, 1.165) is 19.7 Å². The summed E-state index contributed by atoms with van der Waals surface area (Å²) < 4.78 is 5.10. The van der Waals surface area contributed by atoms with Crippen molar-refractivity contribution in [2.75, 3.05) is 32.2 Å². The Balaban J connectivity index is 2.70. The molecule has 60 valence electrons. The average molecular weight is 164 g/mol. The molecule has 0 unspecified atom stereocenters. The SMILES string of the molecule is C=CCNCCOCCCl. The lowest BCUT2D eigenvalue weighted by molar-refractivity contribution is 0.152. The van der Waals surface area contributed by atoms with Gasteiger partial charge < -0.3 is 10.1 Å². The molecule has 0 aliphatic heterocycles. The molecular formula is C7H14ClNO. The molecule has 1 N–H and O–H groups in total. The van der Waals surface area contributed by atoms with Crippen LogP contribution in [0.1, 0.15) is 0 Å². The molecule has 0 radical (unpaired) electrons. The first-order chi connectivity index (χ1) is 4.91. The molecule has 0 aliphatic carbocycles. The number of nitrogens with one attached hydrogen (secondary N) is 1. The summed E-state index contributed by atoms with van der Waals surface area (Å²) in [6, 6.07) is 0. The summed E-state index contributed by atoms with van der Waals surface area (Å²) >= 11 is 5.38. The molecule has 2 nitrogen and oxygen atoms in total. The van der Waals surface area contributed by atoms with Crippen molar-refractivity contribution in [2.24, 2.45) is 0 Å². The van der Waals surface area contributed by atoms with Gasteiger partial charge in [0, 0.05) is 19.0 Å². The normalized spacial score (nSPS) is 9.70. The van der Waals surface area contributed by atoms with Gasteiger partial charge in [0.25, 0.3) is 0 Å². The fraction of sp³-hybridized carbons (Fsp3) is 0.714. The van der Waals surface area contributed by atoms with Gasteiger partial charge in [-0.3, -0.25) is 0 Å². The van der Waals surface area contributed by atoms with Crippen molar-refractivity contribution in [3.05, 3.63) is 12.7 Å². The Labute approximate surface area is 67.2 Å². The standard InChI is InChI=1S/C7H14ClNO/c1-2-4-9-5-7-10-6-3-8/h2,9H,1,3-7H2. The molecule has 3 heteroatoms. The highest BCUT2D eigenvalue weighted by atomic mass is 35.5. The molecule has 0 aliphatic rings. The van der Waals surface area contributed by atoms with Crippen molar-refractivity contribution in [2.45, 2.75) is 0 Å². The first kappa shape index (κ1) is 9.95. The molecule has 0 saturated heterocycles. The minimum Gasteiger partial charge on any atom is -0.379 e. The van der Waals surface area contributed by atoms with E-state index < -0.39 is 0 Å². The quantitative estimate of drug-likeness (QED) is 0.344. The minimum atomic E-state index is 0.571. The van der Waals surface area contributed by atoms with Gasteiger partial charge in [0.15, 0.2) is 0 Å². The summed E-state index contributed by atoms with van der Waals surface area (Å²) in [6.07, 6.45) is 1.82. The Morgan fingerprint density at radius 2 is 2.30 bits per heavy atom. The summed E-state index contributed by atoms with van der Waals surface area (Å²) in [5.41, 5.74) is 0. The van der Waals surface area contributed by atoms with Crippen LogP contribution in [0, 0.1) is 0 Å². The maximum absolute atomic E-state index is 5.38. The van der Waals surface area contributed by atoms with Crippen LogP contribution in [0.15, 0.2) is 12.7 Å². The number of halogens is 1. The number of ether oxygens (including phenoxy) is 1. The second-order valence-electron chi connectivity index (χ2n) is 1.79. The smallest absolute Gasteiger partial charge is 0.0602 e. The minimum absolute atomic E-state index is 0.571. The third-order valence-electron chi connectivity index (χ3n) is 0.933. The van der Waals surface area contributed by atoms with Crippen molar-refractivity contribution < 1.29 is 4.74 Å². The van der Waals surface area contributed by atoms with Gasteiger partial charge in [0.1, 0.15) is 0 Å². The summed E-state index contributed by atoms with van der Waals surface area (Å²) in [6.45, 7) is 6.63. The molecule has 0 saturated carbocycles. The summed E-state index contributed by atoms with van der Waals surface area (Å²) in [4.78, 5) is 0. The highest BCUT2D eigenvalue weighted by molar-refractivity contribution is 6.17. The third kappa shape index (κ3) is 7.95. The second kappa shape index (κ2) is 8.95. The van der Waals surface area contributed by atoms with Crippen LogP contribution in [0.2, 0.25) is 0 Å². The fourth-order valence-corrected chi connectivity index (χ4v) is 0.614. The summed E-state index contributed by atoms with van der Waals surface area (Å²) in [7, 11) is 0. The molecule has 0 bridgehead atoms. The summed E-state index contributed by atoms with van der Waals surface area (Å²) in [5, 5.41) is 3.11. The number of alkyl halides is 1. The Hall–Kier alpha value is -0.0500. The van der Waals surface area contributed by atoms with E-state index in [0.29, 0.717) is 12.5 Å². The predicted octanol–water partition coefficient (Wildman–Crippen LogP) is 1.02. The largest absolute Gasteiger partial charge is 0.379 e. The molecule has 0 aromatic rings. The van der Waals surface area contributed by atoms with Crippen LogP contribution < -0.4 is 5.32 Å². The molecule has 0 heterocycles. The lowest BCUT2D eigenvalue weighted by Crippen LogP contribution is -2.19. The van der Waals surface area contributed by atoms with E-state index in [2.05, 4.69) is 11.9 Å². The lowest BCUT2D eigenvalue weighted by Gasteiger charge is -2.01. The maximum Gasteiger partial charge on any atom is 0.0602 e. The number of rotatable bonds is 7. The Morgan fingerprint density at radius 3 is 2.90 bits per heavy atom. The van der Waals surface area contributed by atoms with E-state index in [-0.39, 0.29) is 0 Å². The predicted molar refractivity (Wildman–Crippen MR) is 44.6 cm³/mol. The van der Waals surface area contributed by atoms with Crippen LogP contribution >= 0.6 is 11.6 Å². The van der Waals surface area contributed by atoms with Crippen molar-refractivity contribution in [1.82, 2.24) is 5.32 Å². The Morgan fingerprint density at radius 1 is 1.50 bits per heavy atom. The van der Waals surface area contributed by atoms with E-state index in [4.69, 9.17) is 16.3 Å². The second-order valence-corrected chi connectivity index (χ2v) is 2.17. The van der Waals surface area contributed by atoms with Gasteiger partial charge in [0.2, 0.25) is 0 Å². The molecule has 0 amide bonds. The van der Waals surface area contributed by atoms with Crippen LogP contribution in [0.4, 0.5) is 0 Å². The lowest BCUT2D eigenvalue weighted by atomic mass is 10.6. The van der Waals surface area contributed by atoms with Crippen LogP contribution in [0.25, 0.3) is 0 Å². The molecule has 0 atom stereocenters. The van der Waals surface area contributed by atoms with Gasteiger partial charge in [-0.1, -0.05) is 6.08 Å². The number of hydrogen-bond donors (Lipinski definition) is 1. The van der Waals surface area contributed by atoms with E-state index in [9.17, 15) is 0 Å². The first-order valence-electron chi connectivity index (χ1n) is 3.37. The van der Waals surface area contributed by atoms with Gasteiger partial charge in [-0.15, -0.1) is 18.2 Å².